The van der Waals surface area contributed by atoms with Gasteiger partial charge in [0.1, 0.15) is 5.75 Å². The fraction of sp³-hybridized carbons (Fsp3) is 0.231. The van der Waals surface area contributed by atoms with Crippen LogP contribution in [0.4, 0.5) is 0 Å². The van der Waals surface area contributed by atoms with Crippen LogP contribution < -0.4 is 4.74 Å². The number of hydrogen-bond acceptors (Lipinski definition) is 2. The second kappa shape index (κ2) is 6.59. The Balaban J connectivity index is 2.39. The minimum atomic E-state index is -0.177. The Bertz CT molecular complexity index is 544. The van der Waals surface area contributed by atoms with E-state index in [4.69, 9.17) is 16.3 Å². The van der Waals surface area contributed by atoms with Gasteiger partial charge in [-0.2, -0.15) is 0 Å². The van der Waals surface area contributed by atoms with Crippen molar-refractivity contribution in [1.29, 1.82) is 0 Å². The van der Waals surface area contributed by atoms with Crippen molar-refractivity contribution in [1.82, 2.24) is 0 Å². The molecular weight excluding hydrogens is 446 g/mol. The number of hydrogen-bond donors (Lipinski definition) is 0. The van der Waals surface area contributed by atoms with Crippen LogP contribution >= 0.6 is 61.5 Å². The lowest BCUT2D eigenvalue weighted by molar-refractivity contribution is 0.337. The minimum absolute atomic E-state index is 0.177. The van der Waals surface area contributed by atoms with Gasteiger partial charge in [-0.15, -0.1) is 22.9 Å². The molecule has 1 nitrogen and oxygen atoms in total. The van der Waals surface area contributed by atoms with Gasteiger partial charge in [0.25, 0.3) is 0 Å². The first kappa shape index (κ1) is 14.6. The zero-order chi connectivity index (χ0) is 13.1. The van der Waals surface area contributed by atoms with Gasteiger partial charge in [0.05, 0.1) is 14.9 Å². The summed E-state index contributed by atoms with van der Waals surface area (Å²) in [5, 5.41) is 1.92. The summed E-state index contributed by atoms with van der Waals surface area (Å²) in [4.78, 5) is 0. The molecule has 0 aliphatic carbocycles. The van der Waals surface area contributed by atoms with Gasteiger partial charge in [-0.1, -0.05) is 15.9 Å². The van der Waals surface area contributed by atoms with E-state index in [-0.39, 0.29) is 5.38 Å². The third kappa shape index (κ3) is 3.40. The second-order valence-electron chi connectivity index (χ2n) is 3.66. The minimum Gasteiger partial charge on any atom is -0.494 e. The highest BCUT2D eigenvalue weighted by Gasteiger charge is 2.17. The molecule has 96 valence electrons. The highest BCUT2D eigenvalue weighted by Crippen LogP contribution is 2.38. The van der Waals surface area contributed by atoms with Crippen LogP contribution in [0.1, 0.15) is 23.4 Å². The van der Waals surface area contributed by atoms with Gasteiger partial charge in [0.15, 0.2) is 0 Å². The Morgan fingerprint density at radius 1 is 1.44 bits per heavy atom. The molecule has 0 aliphatic rings. The van der Waals surface area contributed by atoms with Crippen LogP contribution in [-0.4, -0.2) is 6.61 Å². The van der Waals surface area contributed by atoms with Gasteiger partial charge in [0, 0.05) is 10.0 Å². The van der Waals surface area contributed by atoms with Gasteiger partial charge in [-0.25, -0.2) is 0 Å². The van der Waals surface area contributed by atoms with E-state index in [2.05, 4.69) is 50.0 Å². The van der Waals surface area contributed by atoms with E-state index in [1.807, 2.05) is 25.1 Å². The van der Waals surface area contributed by atoms with Crippen molar-refractivity contribution in [2.45, 2.75) is 12.3 Å². The van der Waals surface area contributed by atoms with Crippen LogP contribution in [0, 0.1) is 2.88 Å². The van der Waals surface area contributed by atoms with Crippen LogP contribution in [0.5, 0.6) is 5.75 Å². The van der Waals surface area contributed by atoms with Crippen molar-refractivity contribution < 1.29 is 4.74 Å². The van der Waals surface area contributed by atoms with Crippen molar-refractivity contribution in [3.05, 3.63) is 48.1 Å². The third-order valence-corrected chi connectivity index (χ3v) is 5.21. The molecule has 0 N–H and O–H groups in total. The van der Waals surface area contributed by atoms with Gasteiger partial charge >= 0.3 is 0 Å². The normalized spacial score (nSPS) is 12.4. The van der Waals surface area contributed by atoms with Gasteiger partial charge < -0.3 is 4.74 Å². The Kier molecular flexibility index (Phi) is 5.35. The fourth-order valence-electron chi connectivity index (χ4n) is 1.64. The number of halogens is 3. The van der Waals surface area contributed by atoms with Crippen molar-refractivity contribution in [2.75, 3.05) is 6.61 Å². The number of benzene rings is 1. The van der Waals surface area contributed by atoms with Gasteiger partial charge in [-0.05, 0) is 64.7 Å². The summed E-state index contributed by atoms with van der Waals surface area (Å²) in [7, 11) is 0. The van der Waals surface area contributed by atoms with Crippen LogP contribution in [-0.2, 0) is 0 Å². The Morgan fingerprint density at radius 3 is 2.83 bits per heavy atom. The SMILES string of the molecule is CCOc1ccc(Br)cc1C(Cl)c1csc(I)c1. The van der Waals surface area contributed by atoms with Crippen molar-refractivity contribution in [2.24, 2.45) is 0 Å². The molecule has 1 unspecified atom stereocenters. The Hall–Kier alpha value is 0.220. The molecule has 2 rings (SSSR count). The largest absolute Gasteiger partial charge is 0.494 e. The molecule has 1 aromatic heterocycles. The van der Waals surface area contributed by atoms with Crippen molar-refractivity contribution >= 4 is 61.5 Å². The maximum Gasteiger partial charge on any atom is 0.124 e. The third-order valence-electron chi connectivity index (χ3n) is 2.43. The van der Waals surface area contributed by atoms with E-state index < -0.39 is 0 Å². The molecule has 0 amide bonds. The highest BCUT2D eigenvalue weighted by atomic mass is 127. The first-order chi connectivity index (χ1) is 8.61. The molecule has 0 aliphatic heterocycles. The molecular formula is C13H11BrClIOS. The average Bonchev–Trinajstić information content (AvgIpc) is 2.77. The maximum absolute atomic E-state index is 6.56. The summed E-state index contributed by atoms with van der Waals surface area (Å²) in [6, 6.07) is 8.05. The van der Waals surface area contributed by atoms with E-state index in [0.717, 1.165) is 21.3 Å². The molecule has 0 saturated heterocycles. The molecule has 1 atom stereocenters. The summed E-state index contributed by atoms with van der Waals surface area (Å²) in [6.45, 7) is 2.61. The molecule has 0 radical (unpaired) electrons. The zero-order valence-electron chi connectivity index (χ0n) is 9.62. The predicted octanol–water partition coefficient (Wildman–Crippen LogP) is 5.84. The lowest BCUT2D eigenvalue weighted by atomic mass is 10.1. The number of thiophene rings is 1. The summed E-state index contributed by atoms with van der Waals surface area (Å²) in [5.74, 6) is 0.849. The van der Waals surface area contributed by atoms with Gasteiger partial charge in [0.2, 0.25) is 0 Å². The molecule has 5 heteroatoms. The molecule has 0 fully saturated rings. The zero-order valence-corrected chi connectivity index (χ0v) is 14.9. The Morgan fingerprint density at radius 2 is 2.22 bits per heavy atom. The quantitative estimate of drug-likeness (QED) is 0.414. The first-order valence-electron chi connectivity index (χ1n) is 5.42. The summed E-state index contributed by atoms with van der Waals surface area (Å²) in [6.07, 6.45) is 0. The second-order valence-corrected chi connectivity index (χ2v) is 7.82. The molecule has 0 saturated carbocycles. The van der Waals surface area contributed by atoms with E-state index in [1.165, 1.54) is 2.88 Å². The predicted molar refractivity (Wildman–Crippen MR) is 90.0 cm³/mol. The lowest BCUT2D eigenvalue weighted by Gasteiger charge is -2.14. The standard InChI is InChI=1S/C13H11BrClIOS/c1-2-17-11-4-3-9(14)6-10(11)13(15)8-5-12(16)18-7-8/h3-7,13H,2H2,1H3. The first-order valence-corrected chi connectivity index (χ1v) is 8.61. The van der Waals surface area contributed by atoms with Crippen LogP contribution in [0.25, 0.3) is 0 Å². The monoisotopic (exact) mass is 456 g/mol. The van der Waals surface area contributed by atoms with E-state index in [0.29, 0.717) is 6.61 Å². The van der Waals surface area contributed by atoms with E-state index in [1.54, 1.807) is 11.3 Å². The smallest absolute Gasteiger partial charge is 0.124 e. The Labute approximate surface area is 138 Å². The van der Waals surface area contributed by atoms with Crippen LogP contribution in [0.15, 0.2) is 34.1 Å². The molecule has 0 bridgehead atoms. The van der Waals surface area contributed by atoms with Crippen LogP contribution in [0.3, 0.4) is 0 Å². The number of ether oxygens (including phenoxy) is 1. The van der Waals surface area contributed by atoms with Crippen LogP contribution in [0.2, 0.25) is 0 Å². The van der Waals surface area contributed by atoms with E-state index in [9.17, 15) is 0 Å². The molecule has 1 heterocycles. The summed E-state index contributed by atoms with van der Waals surface area (Å²) in [5.41, 5.74) is 2.12. The maximum atomic E-state index is 6.56. The summed E-state index contributed by atoms with van der Waals surface area (Å²) >= 11 is 14.0. The average molecular weight is 458 g/mol. The van der Waals surface area contributed by atoms with E-state index >= 15 is 0 Å². The summed E-state index contributed by atoms with van der Waals surface area (Å²) < 4.78 is 7.89. The lowest BCUT2D eigenvalue weighted by Crippen LogP contribution is -1.99. The molecule has 18 heavy (non-hydrogen) atoms. The molecule has 2 aromatic rings. The fourth-order valence-corrected chi connectivity index (χ4v) is 3.79. The molecule has 0 spiro atoms. The van der Waals surface area contributed by atoms with Crippen molar-refractivity contribution in [3.63, 3.8) is 0 Å². The number of rotatable bonds is 4. The number of alkyl halides is 1. The van der Waals surface area contributed by atoms with Crippen molar-refractivity contribution in [3.8, 4) is 5.75 Å². The highest BCUT2D eigenvalue weighted by molar-refractivity contribution is 14.1. The topological polar surface area (TPSA) is 9.23 Å². The van der Waals surface area contributed by atoms with Gasteiger partial charge in [-0.3, -0.25) is 0 Å². The molecule has 1 aromatic carbocycles.